The van der Waals surface area contributed by atoms with Gasteiger partial charge in [-0.15, -0.1) is 0 Å². The van der Waals surface area contributed by atoms with Gasteiger partial charge < -0.3 is 10.5 Å². The maximum Gasteiger partial charge on any atom is 0.330 e. The molecule has 1 aliphatic rings. The molecule has 0 unspecified atom stereocenters. The van der Waals surface area contributed by atoms with Gasteiger partial charge in [-0.25, -0.2) is 4.79 Å². The van der Waals surface area contributed by atoms with E-state index in [1.165, 1.54) is 26.2 Å². The molecule has 0 saturated heterocycles. The molecule has 0 radical (unpaired) electrons. The Kier molecular flexibility index (Phi) is 6.84. The summed E-state index contributed by atoms with van der Waals surface area (Å²) in [6.45, 7) is 1.48. The Morgan fingerprint density at radius 2 is 1.58 bits per heavy atom. The number of nitrogen functional groups attached to an aromatic ring is 1. The second-order valence-electron chi connectivity index (χ2n) is 8.25. The Hall–Kier alpha value is -4.51. The third-order valence-electron chi connectivity index (χ3n) is 6.02. The van der Waals surface area contributed by atoms with Crippen molar-refractivity contribution in [2.24, 2.45) is 0 Å². The van der Waals surface area contributed by atoms with Crippen LogP contribution in [-0.2, 0) is 22.6 Å². The molecule has 4 rings (SSSR count). The quantitative estimate of drug-likeness (QED) is 0.446. The van der Waals surface area contributed by atoms with E-state index in [0.717, 1.165) is 14.4 Å². The van der Waals surface area contributed by atoms with E-state index in [4.69, 9.17) is 10.5 Å². The fourth-order valence-corrected chi connectivity index (χ4v) is 4.17. The van der Waals surface area contributed by atoms with Crippen LogP contribution in [0.5, 0.6) is 0 Å². The second kappa shape index (κ2) is 10.0. The Bertz CT molecular complexity index is 1410. The molecule has 3 aromatic rings. The number of benzene rings is 2. The monoisotopic (exact) mass is 491 g/mol. The number of fused-ring (bicyclic) bond motifs is 1. The number of amides is 3. The van der Waals surface area contributed by atoms with Crippen LogP contribution in [-0.4, -0.2) is 51.9 Å². The minimum atomic E-state index is -1.26. The topological polar surface area (TPSA) is 148 Å². The maximum absolute atomic E-state index is 13.9. The number of aromatic amines is 1. The minimum Gasteiger partial charge on any atom is -0.383 e. The lowest BCUT2D eigenvalue weighted by Crippen LogP contribution is -2.51. The molecule has 0 fully saturated rings. The van der Waals surface area contributed by atoms with Crippen molar-refractivity contribution < 1.29 is 19.1 Å². The lowest BCUT2D eigenvalue weighted by Gasteiger charge is -2.30. The molecular weight excluding hydrogens is 466 g/mol. The van der Waals surface area contributed by atoms with Crippen LogP contribution in [0.1, 0.15) is 33.2 Å². The van der Waals surface area contributed by atoms with Gasteiger partial charge in [0.15, 0.2) is 5.69 Å². The third-order valence-corrected chi connectivity index (χ3v) is 6.02. The van der Waals surface area contributed by atoms with Crippen LogP contribution >= 0.6 is 0 Å². The highest BCUT2D eigenvalue weighted by Crippen LogP contribution is 2.27. The maximum atomic E-state index is 13.9. The zero-order valence-corrected chi connectivity index (χ0v) is 19.8. The number of methoxy groups -OCH3 is 1. The zero-order chi connectivity index (χ0) is 26.0. The molecule has 186 valence electrons. The molecule has 11 heteroatoms. The van der Waals surface area contributed by atoms with E-state index in [1.54, 1.807) is 42.5 Å². The number of aromatic nitrogens is 2. The van der Waals surface area contributed by atoms with E-state index in [2.05, 4.69) is 4.98 Å². The Morgan fingerprint density at radius 3 is 2.17 bits per heavy atom. The number of hydrogen-bond donors (Lipinski definition) is 2. The molecule has 2 aromatic carbocycles. The van der Waals surface area contributed by atoms with E-state index in [9.17, 15) is 24.0 Å². The number of nitrogens with two attached hydrogens (primary N) is 1. The molecule has 0 aliphatic carbocycles. The number of hydrogen-bond acceptors (Lipinski definition) is 7. The summed E-state index contributed by atoms with van der Waals surface area (Å²) in [4.78, 5) is 69.4. The third kappa shape index (κ3) is 4.31. The molecule has 0 spiro atoms. The van der Waals surface area contributed by atoms with Gasteiger partial charge in [-0.05, 0) is 24.6 Å². The average Bonchev–Trinajstić information content (AvgIpc) is 3.12. The summed E-state index contributed by atoms with van der Waals surface area (Å²) in [5.41, 5.74) is 5.41. The summed E-state index contributed by atoms with van der Waals surface area (Å²) in [5.74, 6) is -2.17. The highest BCUT2D eigenvalue weighted by molar-refractivity contribution is 6.23. The van der Waals surface area contributed by atoms with E-state index in [0.29, 0.717) is 5.56 Å². The molecule has 2 heterocycles. The van der Waals surface area contributed by atoms with Crippen molar-refractivity contribution in [3.63, 3.8) is 0 Å². The van der Waals surface area contributed by atoms with E-state index in [1.807, 2.05) is 0 Å². The van der Waals surface area contributed by atoms with Gasteiger partial charge in [0, 0.05) is 7.11 Å². The van der Waals surface area contributed by atoms with Crippen molar-refractivity contribution in [3.05, 3.63) is 92.1 Å². The Morgan fingerprint density at radius 1 is 1.00 bits per heavy atom. The van der Waals surface area contributed by atoms with Gasteiger partial charge in [-0.2, -0.15) is 0 Å². The normalized spacial score (nSPS) is 13.6. The van der Waals surface area contributed by atoms with Crippen LogP contribution in [0.15, 0.2) is 64.2 Å². The highest BCUT2D eigenvalue weighted by atomic mass is 16.5. The second-order valence-corrected chi connectivity index (χ2v) is 8.25. The van der Waals surface area contributed by atoms with Gasteiger partial charge in [0.1, 0.15) is 11.9 Å². The lowest BCUT2D eigenvalue weighted by molar-refractivity contribution is -0.122. The SMILES string of the molecule is COCCn1c(N)c(N(Cc2ccccc2)C(=O)[C@H](C)N2C(=O)c3ccccc3C2=O)c(=O)[nH]c1=O. The molecule has 1 aliphatic heterocycles. The first-order chi connectivity index (χ1) is 17.3. The average molecular weight is 492 g/mol. The number of nitrogens with one attached hydrogen (secondary N) is 1. The number of rotatable bonds is 8. The fraction of sp³-hybridized carbons (Fsp3) is 0.240. The van der Waals surface area contributed by atoms with Crippen LogP contribution in [0.25, 0.3) is 0 Å². The number of imide groups is 1. The fourth-order valence-electron chi connectivity index (χ4n) is 4.17. The van der Waals surface area contributed by atoms with Gasteiger partial charge >= 0.3 is 5.69 Å². The largest absolute Gasteiger partial charge is 0.383 e. The first kappa shape index (κ1) is 24.6. The smallest absolute Gasteiger partial charge is 0.330 e. The summed E-state index contributed by atoms with van der Waals surface area (Å²) >= 11 is 0. The summed E-state index contributed by atoms with van der Waals surface area (Å²) < 4.78 is 6.12. The Balaban J connectivity index is 1.79. The van der Waals surface area contributed by atoms with Crippen molar-refractivity contribution >= 4 is 29.2 Å². The summed E-state index contributed by atoms with van der Waals surface area (Å²) in [7, 11) is 1.45. The molecule has 1 aromatic heterocycles. The molecule has 1 atom stereocenters. The molecule has 3 N–H and O–H groups in total. The summed E-state index contributed by atoms with van der Waals surface area (Å²) in [5, 5.41) is 0. The molecule has 36 heavy (non-hydrogen) atoms. The summed E-state index contributed by atoms with van der Waals surface area (Å²) in [6, 6.07) is 13.8. The first-order valence-electron chi connectivity index (χ1n) is 11.2. The Labute approximate surface area is 205 Å². The van der Waals surface area contributed by atoms with Gasteiger partial charge in [-0.1, -0.05) is 42.5 Å². The van der Waals surface area contributed by atoms with Crippen molar-refractivity contribution in [2.75, 3.05) is 24.4 Å². The number of anilines is 2. The van der Waals surface area contributed by atoms with Gasteiger partial charge in [0.2, 0.25) is 0 Å². The van der Waals surface area contributed by atoms with Gasteiger partial charge in [0.05, 0.1) is 30.8 Å². The van der Waals surface area contributed by atoms with E-state index < -0.39 is 35.0 Å². The lowest BCUT2D eigenvalue weighted by atomic mass is 10.1. The number of H-pyrrole nitrogens is 1. The standard InChI is InChI=1S/C25H25N5O6/c1-15(30-23(33)17-10-6-7-11-18(17)24(30)34)22(32)29(14-16-8-4-3-5-9-16)19-20(26)28(12-13-36-2)25(35)27-21(19)31/h3-11,15H,12-14,26H2,1-2H3,(H,27,31,35)/t15-/m0/s1. The van der Waals surface area contributed by atoms with Crippen LogP contribution in [0.3, 0.4) is 0 Å². The van der Waals surface area contributed by atoms with Crippen molar-refractivity contribution in [3.8, 4) is 0 Å². The number of carbonyl (C=O) groups excluding carboxylic acids is 3. The zero-order valence-electron chi connectivity index (χ0n) is 19.8. The predicted octanol–water partition coefficient (Wildman–Crippen LogP) is 0.983. The van der Waals surface area contributed by atoms with Crippen LogP contribution in [0, 0.1) is 0 Å². The molecule has 11 nitrogen and oxygen atoms in total. The number of carbonyl (C=O) groups is 3. The van der Waals surface area contributed by atoms with Crippen molar-refractivity contribution in [1.29, 1.82) is 0 Å². The summed E-state index contributed by atoms with van der Waals surface area (Å²) in [6.07, 6.45) is 0. The first-order valence-corrected chi connectivity index (χ1v) is 11.2. The van der Waals surface area contributed by atoms with Crippen LogP contribution < -0.4 is 21.9 Å². The molecular formula is C25H25N5O6. The minimum absolute atomic E-state index is 0.0340. The van der Waals surface area contributed by atoms with Gasteiger partial charge in [-0.3, -0.25) is 38.5 Å². The predicted molar refractivity (Wildman–Crippen MR) is 132 cm³/mol. The molecule has 0 saturated carbocycles. The number of nitrogens with zero attached hydrogens (tertiary/aromatic N) is 3. The van der Waals surface area contributed by atoms with Crippen LogP contribution in [0.2, 0.25) is 0 Å². The highest BCUT2D eigenvalue weighted by Gasteiger charge is 2.42. The van der Waals surface area contributed by atoms with Gasteiger partial charge in [0.25, 0.3) is 23.3 Å². The number of ether oxygens (including phenoxy) is 1. The van der Waals surface area contributed by atoms with Crippen molar-refractivity contribution in [1.82, 2.24) is 14.5 Å². The van der Waals surface area contributed by atoms with E-state index in [-0.39, 0.29) is 42.3 Å². The van der Waals surface area contributed by atoms with Crippen LogP contribution in [0.4, 0.5) is 11.5 Å². The molecule has 3 amide bonds. The van der Waals surface area contributed by atoms with Crippen molar-refractivity contribution in [2.45, 2.75) is 26.1 Å². The molecule has 0 bridgehead atoms. The van der Waals surface area contributed by atoms with E-state index >= 15 is 0 Å².